The van der Waals surface area contributed by atoms with E-state index in [1.54, 1.807) is 13.8 Å². The first-order valence-corrected chi connectivity index (χ1v) is 9.28. The molecule has 1 aliphatic rings. The maximum Gasteiger partial charge on any atom is 0.228 e. The van der Waals surface area contributed by atoms with Gasteiger partial charge in [0.2, 0.25) is 23.1 Å². The standard InChI is InChI=1S/C20H32O4/c1-5-7-8-9-10-11-12-13-14-16-15(3)17(21)20(24-6-2)19(23-4)18(16)22/h5-14H2,1-4H3. The van der Waals surface area contributed by atoms with Crippen LogP contribution in [-0.4, -0.2) is 25.3 Å². The van der Waals surface area contributed by atoms with E-state index < -0.39 is 0 Å². The van der Waals surface area contributed by atoms with Gasteiger partial charge in [-0.2, -0.15) is 0 Å². The molecule has 0 saturated carbocycles. The van der Waals surface area contributed by atoms with Crippen molar-refractivity contribution in [1.29, 1.82) is 0 Å². The third-order valence-corrected chi connectivity index (χ3v) is 4.46. The van der Waals surface area contributed by atoms with Crippen molar-refractivity contribution in [2.45, 2.75) is 78.6 Å². The Hall–Kier alpha value is -1.58. The van der Waals surface area contributed by atoms with Crippen LogP contribution in [0.25, 0.3) is 0 Å². The molecule has 1 rings (SSSR count). The molecular weight excluding hydrogens is 304 g/mol. The summed E-state index contributed by atoms with van der Waals surface area (Å²) in [5.74, 6) is -0.298. The first-order chi connectivity index (χ1) is 11.6. The molecule has 0 N–H and O–H groups in total. The largest absolute Gasteiger partial charge is 0.489 e. The van der Waals surface area contributed by atoms with E-state index in [4.69, 9.17) is 9.47 Å². The van der Waals surface area contributed by atoms with Crippen molar-refractivity contribution in [2.24, 2.45) is 0 Å². The van der Waals surface area contributed by atoms with Gasteiger partial charge in [0.05, 0.1) is 13.7 Å². The minimum atomic E-state index is -0.220. The number of Topliss-reactive ketones (excluding diaryl/α,β-unsaturated/α-hetero) is 2. The molecule has 0 saturated heterocycles. The molecule has 0 spiro atoms. The summed E-state index contributed by atoms with van der Waals surface area (Å²) in [6, 6.07) is 0. The van der Waals surface area contributed by atoms with Gasteiger partial charge in [-0.3, -0.25) is 9.59 Å². The lowest BCUT2D eigenvalue weighted by Crippen LogP contribution is -2.25. The van der Waals surface area contributed by atoms with Crippen molar-refractivity contribution in [3.8, 4) is 0 Å². The van der Waals surface area contributed by atoms with Gasteiger partial charge in [0, 0.05) is 11.1 Å². The fourth-order valence-corrected chi connectivity index (χ4v) is 3.02. The minimum Gasteiger partial charge on any atom is -0.489 e. The highest BCUT2D eigenvalue weighted by Gasteiger charge is 2.34. The van der Waals surface area contributed by atoms with E-state index in [-0.39, 0.29) is 23.1 Å². The number of carbonyl (C=O) groups excluding carboxylic acids is 2. The van der Waals surface area contributed by atoms with Crippen molar-refractivity contribution >= 4 is 11.6 Å². The van der Waals surface area contributed by atoms with Crippen LogP contribution in [-0.2, 0) is 19.1 Å². The molecule has 0 bridgehead atoms. The molecule has 0 aromatic carbocycles. The highest BCUT2D eigenvalue weighted by atomic mass is 16.5. The van der Waals surface area contributed by atoms with E-state index in [0.29, 0.717) is 24.2 Å². The predicted octanol–water partition coefficient (Wildman–Crippen LogP) is 4.88. The van der Waals surface area contributed by atoms with Crippen molar-refractivity contribution in [2.75, 3.05) is 13.7 Å². The normalized spacial score (nSPS) is 15.3. The zero-order chi connectivity index (χ0) is 17.9. The Kier molecular flexibility index (Phi) is 9.43. The summed E-state index contributed by atoms with van der Waals surface area (Å²) in [5.41, 5.74) is 1.10. The number of rotatable bonds is 12. The highest BCUT2D eigenvalue weighted by Crippen LogP contribution is 2.29. The molecule has 4 nitrogen and oxygen atoms in total. The van der Waals surface area contributed by atoms with Gasteiger partial charge in [-0.25, -0.2) is 0 Å². The fourth-order valence-electron chi connectivity index (χ4n) is 3.02. The van der Waals surface area contributed by atoms with Gasteiger partial charge < -0.3 is 9.47 Å². The van der Waals surface area contributed by atoms with Crippen LogP contribution in [0.4, 0.5) is 0 Å². The molecule has 1 aliphatic carbocycles. The Balaban J connectivity index is 2.53. The molecule has 0 aromatic heterocycles. The summed E-state index contributed by atoms with van der Waals surface area (Å²) in [6.45, 7) is 6.05. The molecule has 136 valence electrons. The van der Waals surface area contributed by atoms with Crippen LogP contribution in [0.3, 0.4) is 0 Å². The van der Waals surface area contributed by atoms with E-state index in [2.05, 4.69) is 6.92 Å². The number of methoxy groups -OCH3 is 1. The fraction of sp³-hybridized carbons (Fsp3) is 0.700. The van der Waals surface area contributed by atoms with Gasteiger partial charge in [0.15, 0.2) is 0 Å². The molecular formula is C20H32O4. The van der Waals surface area contributed by atoms with Gasteiger partial charge in [0.1, 0.15) is 0 Å². The summed E-state index contributed by atoms with van der Waals surface area (Å²) >= 11 is 0. The maximum absolute atomic E-state index is 12.6. The monoisotopic (exact) mass is 336 g/mol. The summed E-state index contributed by atoms with van der Waals surface area (Å²) in [6.07, 6.45) is 10.3. The molecule has 0 heterocycles. The predicted molar refractivity (Wildman–Crippen MR) is 95.6 cm³/mol. The lowest BCUT2D eigenvalue weighted by molar-refractivity contribution is -0.121. The Labute approximate surface area is 146 Å². The first kappa shape index (κ1) is 20.5. The zero-order valence-electron chi connectivity index (χ0n) is 15.7. The number of unbranched alkanes of at least 4 members (excludes halogenated alkanes) is 7. The third-order valence-electron chi connectivity index (χ3n) is 4.46. The van der Waals surface area contributed by atoms with E-state index in [9.17, 15) is 9.59 Å². The highest BCUT2D eigenvalue weighted by molar-refractivity contribution is 6.23. The second-order valence-corrected chi connectivity index (χ2v) is 6.28. The Bertz CT molecular complexity index is 500. The quantitative estimate of drug-likeness (QED) is 0.376. The average molecular weight is 336 g/mol. The van der Waals surface area contributed by atoms with Gasteiger partial charge in [-0.1, -0.05) is 51.9 Å². The first-order valence-electron chi connectivity index (χ1n) is 9.28. The Morgan fingerprint density at radius 3 is 1.92 bits per heavy atom. The average Bonchev–Trinajstić information content (AvgIpc) is 2.58. The molecule has 24 heavy (non-hydrogen) atoms. The number of hydrogen-bond donors (Lipinski definition) is 0. The van der Waals surface area contributed by atoms with E-state index in [0.717, 1.165) is 12.8 Å². The molecule has 0 aromatic rings. The van der Waals surface area contributed by atoms with Crippen molar-refractivity contribution in [1.82, 2.24) is 0 Å². The summed E-state index contributed by atoms with van der Waals surface area (Å²) in [4.78, 5) is 25.0. The lowest BCUT2D eigenvalue weighted by Gasteiger charge is -2.21. The Morgan fingerprint density at radius 1 is 0.792 bits per heavy atom. The van der Waals surface area contributed by atoms with Crippen LogP contribution >= 0.6 is 0 Å². The zero-order valence-corrected chi connectivity index (χ0v) is 15.7. The van der Waals surface area contributed by atoms with E-state index in [1.165, 1.54) is 45.6 Å². The molecule has 0 fully saturated rings. The van der Waals surface area contributed by atoms with Crippen LogP contribution < -0.4 is 0 Å². The molecule has 0 atom stereocenters. The SMILES string of the molecule is CCCCCCCCCCC1=C(C)C(=O)C(OCC)=C(OC)C1=O. The van der Waals surface area contributed by atoms with Gasteiger partial charge >= 0.3 is 0 Å². The van der Waals surface area contributed by atoms with Crippen LogP contribution in [0.1, 0.15) is 78.6 Å². The van der Waals surface area contributed by atoms with Crippen molar-refractivity contribution in [3.05, 3.63) is 22.7 Å². The van der Waals surface area contributed by atoms with Crippen LogP contribution in [0, 0.1) is 0 Å². The van der Waals surface area contributed by atoms with Crippen molar-refractivity contribution < 1.29 is 19.1 Å². The summed E-state index contributed by atoms with van der Waals surface area (Å²) in [7, 11) is 1.41. The molecule has 4 heteroatoms. The third kappa shape index (κ3) is 5.50. The van der Waals surface area contributed by atoms with Crippen molar-refractivity contribution in [3.63, 3.8) is 0 Å². The maximum atomic E-state index is 12.6. The number of ether oxygens (including phenoxy) is 2. The second kappa shape index (κ2) is 11.1. The van der Waals surface area contributed by atoms with Gasteiger partial charge in [0.25, 0.3) is 0 Å². The topological polar surface area (TPSA) is 52.6 Å². The van der Waals surface area contributed by atoms with Crippen LogP contribution in [0.5, 0.6) is 0 Å². The van der Waals surface area contributed by atoms with Gasteiger partial charge in [-0.05, 0) is 26.7 Å². The molecule has 0 radical (unpaired) electrons. The summed E-state index contributed by atoms with van der Waals surface area (Å²) in [5, 5.41) is 0. The Morgan fingerprint density at radius 2 is 1.38 bits per heavy atom. The minimum absolute atomic E-state index is 0.0574. The van der Waals surface area contributed by atoms with E-state index >= 15 is 0 Å². The lowest BCUT2D eigenvalue weighted by atomic mass is 9.89. The number of carbonyl (C=O) groups is 2. The van der Waals surface area contributed by atoms with Crippen LogP contribution in [0.2, 0.25) is 0 Å². The second-order valence-electron chi connectivity index (χ2n) is 6.28. The summed E-state index contributed by atoms with van der Waals surface area (Å²) < 4.78 is 10.5. The molecule has 0 aliphatic heterocycles. The van der Waals surface area contributed by atoms with E-state index in [1.807, 2.05) is 0 Å². The smallest absolute Gasteiger partial charge is 0.228 e. The number of ketones is 2. The molecule has 0 unspecified atom stereocenters. The van der Waals surface area contributed by atoms with Gasteiger partial charge in [-0.15, -0.1) is 0 Å². The number of hydrogen-bond acceptors (Lipinski definition) is 4. The number of allylic oxidation sites excluding steroid dienone is 2. The molecule has 0 amide bonds. The van der Waals surface area contributed by atoms with Crippen LogP contribution in [0.15, 0.2) is 22.7 Å².